The summed E-state index contributed by atoms with van der Waals surface area (Å²) in [5, 5.41) is 5.79. The minimum absolute atomic E-state index is 0.213. The summed E-state index contributed by atoms with van der Waals surface area (Å²) in [5.41, 5.74) is 6.40. The van der Waals surface area contributed by atoms with Crippen LogP contribution < -0.4 is 20.8 Å². The fraction of sp³-hybridized carbons (Fsp3) is 0.0769. The Morgan fingerprint density at radius 2 is 2.00 bits per heavy atom. The number of carbonyl (C=O) groups excluding carboxylic acids is 1. The van der Waals surface area contributed by atoms with Crippen LogP contribution in [0.2, 0.25) is 5.02 Å². The molecule has 186 valence electrons. The predicted octanol–water partition coefficient (Wildman–Crippen LogP) is 4.98. The normalized spacial score (nSPS) is 11.4. The van der Waals surface area contributed by atoms with Crippen LogP contribution in [-0.2, 0) is 4.79 Å². The molecule has 2 aromatic heterocycles. The van der Waals surface area contributed by atoms with Crippen LogP contribution >= 0.6 is 27.5 Å². The third-order valence-corrected chi connectivity index (χ3v) is 6.29. The molecule has 0 unspecified atom stereocenters. The van der Waals surface area contributed by atoms with Gasteiger partial charge in [0.1, 0.15) is 11.3 Å². The molecule has 3 aromatic carbocycles. The van der Waals surface area contributed by atoms with Gasteiger partial charge in [-0.3, -0.25) is 9.59 Å². The number of nitrogens with two attached hydrogens (primary N) is 1. The van der Waals surface area contributed by atoms with Crippen LogP contribution in [0.5, 0.6) is 11.5 Å². The van der Waals surface area contributed by atoms with E-state index in [1.165, 1.54) is 10.9 Å². The summed E-state index contributed by atoms with van der Waals surface area (Å²) in [4.78, 5) is 29.2. The molecule has 0 aliphatic heterocycles. The molecule has 9 nitrogen and oxygen atoms in total. The number of rotatable bonds is 7. The number of ether oxygens (including phenoxy) is 2. The van der Waals surface area contributed by atoms with E-state index in [4.69, 9.17) is 31.2 Å². The van der Waals surface area contributed by atoms with E-state index < -0.39 is 5.91 Å². The van der Waals surface area contributed by atoms with E-state index in [9.17, 15) is 9.59 Å². The number of furan rings is 1. The van der Waals surface area contributed by atoms with Crippen LogP contribution in [-0.4, -0.2) is 35.5 Å². The van der Waals surface area contributed by atoms with Gasteiger partial charge < -0.3 is 19.6 Å². The molecule has 37 heavy (non-hydrogen) atoms. The van der Waals surface area contributed by atoms with E-state index in [2.05, 4.69) is 26.0 Å². The Balaban J connectivity index is 1.64. The first-order valence-electron chi connectivity index (χ1n) is 10.9. The van der Waals surface area contributed by atoms with Gasteiger partial charge in [0, 0.05) is 0 Å². The highest BCUT2D eigenvalue weighted by atomic mass is 79.9. The number of nitrogens with zero attached hydrogens (tertiary/aromatic N) is 3. The van der Waals surface area contributed by atoms with Gasteiger partial charge in [0.2, 0.25) is 5.82 Å². The monoisotopic (exact) mass is 580 g/mol. The summed E-state index contributed by atoms with van der Waals surface area (Å²) >= 11 is 9.71. The smallest absolute Gasteiger partial charge is 0.282 e. The predicted molar refractivity (Wildman–Crippen MR) is 145 cm³/mol. The molecule has 0 bridgehead atoms. The average Bonchev–Trinajstić information content (AvgIpc) is 3.32. The van der Waals surface area contributed by atoms with Crippen LogP contribution in [0.25, 0.3) is 33.5 Å². The van der Waals surface area contributed by atoms with E-state index in [1.807, 2.05) is 12.1 Å². The first kappa shape index (κ1) is 24.5. The SMILES string of the molecule is COc1cccc2oc(-c3nc4ccccc4c(=O)n3N=Cc3cc(Cl)c(OCC(N)=O)c(Br)c3)cc12. The van der Waals surface area contributed by atoms with Crippen molar-refractivity contribution in [2.45, 2.75) is 0 Å². The number of halogens is 2. The van der Waals surface area contributed by atoms with E-state index in [0.717, 1.165) is 5.39 Å². The van der Waals surface area contributed by atoms with Gasteiger partial charge in [-0.25, -0.2) is 4.98 Å². The first-order chi connectivity index (χ1) is 17.9. The summed E-state index contributed by atoms with van der Waals surface area (Å²) < 4.78 is 18.5. The molecule has 0 spiro atoms. The van der Waals surface area contributed by atoms with Gasteiger partial charge in [0.25, 0.3) is 11.5 Å². The summed E-state index contributed by atoms with van der Waals surface area (Å²) in [5.74, 6) is 0.814. The second kappa shape index (κ2) is 10.1. The lowest BCUT2D eigenvalue weighted by Crippen LogP contribution is -2.20. The molecule has 2 heterocycles. The minimum Gasteiger partial charge on any atom is -0.496 e. The average molecular weight is 582 g/mol. The largest absolute Gasteiger partial charge is 0.496 e. The van der Waals surface area contributed by atoms with Gasteiger partial charge in [-0.05, 0) is 64.0 Å². The van der Waals surface area contributed by atoms with Crippen molar-refractivity contribution in [3.8, 4) is 23.1 Å². The third-order valence-electron chi connectivity index (χ3n) is 5.42. The summed E-state index contributed by atoms with van der Waals surface area (Å²) in [6, 6.07) is 17.4. The van der Waals surface area contributed by atoms with Crippen LogP contribution in [0.3, 0.4) is 0 Å². The molecule has 11 heteroatoms. The number of para-hydroxylation sites is 1. The second-order valence-corrected chi connectivity index (χ2v) is 9.13. The summed E-state index contributed by atoms with van der Waals surface area (Å²) in [6.07, 6.45) is 1.46. The maximum absolute atomic E-state index is 13.5. The Hall–Kier alpha value is -4.15. The highest BCUT2D eigenvalue weighted by Gasteiger charge is 2.18. The maximum atomic E-state index is 13.5. The van der Waals surface area contributed by atoms with Crippen LogP contribution in [0.4, 0.5) is 0 Å². The van der Waals surface area contributed by atoms with Gasteiger partial charge in [-0.1, -0.05) is 29.8 Å². The van der Waals surface area contributed by atoms with Crippen molar-refractivity contribution < 1.29 is 18.7 Å². The molecule has 0 radical (unpaired) electrons. The van der Waals surface area contributed by atoms with Crippen molar-refractivity contribution >= 4 is 61.5 Å². The Morgan fingerprint density at radius 1 is 1.19 bits per heavy atom. The lowest BCUT2D eigenvalue weighted by molar-refractivity contribution is -0.119. The van der Waals surface area contributed by atoms with Gasteiger partial charge in [0.15, 0.2) is 18.1 Å². The molecule has 0 saturated heterocycles. The van der Waals surface area contributed by atoms with E-state index >= 15 is 0 Å². The molecular weight excluding hydrogens is 564 g/mol. The molecular formula is C26H18BrClN4O5. The van der Waals surface area contributed by atoms with Crippen LogP contribution in [0.1, 0.15) is 5.56 Å². The minimum atomic E-state index is -0.632. The number of methoxy groups -OCH3 is 1. The molecule has 0 aliphatic carbocycles. The number of fused-ring (bicyclic) bond motifs is 2. The molecule has 5 aromatic rings. The number of hydrogen-bond acceptors (Lipinski definition) is 7. The topological polar surface area (TPSA) is 122 Å². The lowest BCUT2D eigenvalue weighted by atomic mass is 10.2. The molecule has 0 saturated carbocycles. The number of hydrogen-bond donors (Lipinski definition) is 1. The zero-order valence-electron chi connectivity index (χ0n) is 19.3. The molecule has 5 rings (SSSR count). The standard InChI is InChI=1S/C26H18BrClN4O5/c1-35-20-7-4-8-21-16(20)11-22(37-21)25-31-19-6-3-2-5-15(19)26(34)32(25)30-12-14-9-17(27)24(18(28)10-14)36-13-23(29)33/h2-12H,13H2,1H3,(H2,29,33). The van der Waals surface area contributed by atoms with Crippen molar-refractivity contribution in [3.63, 3.8) is 0 Å². The third kappa shape index (κ3) is 4.81. The molecule has 0 atom stereocenters. The summed E-state index contributed by atoms with van der Waals surface area (Å²) in [6.45, 7) is -0.324. The quantitative estimate of drug-likeness (QED) is 0.271. The highest BCUT2D eigenvalue weighted by molar-refractivity contribution is 9.10. The van der Waals surface area contributed by atoms with Crippen molar-refractivity contribution in [2.75, 3.05) is 13.7 Å². The van der Waals surface area contributed by atoms with Crippen molar-refractivity contribution in [1.82, 2.24) is 9.66 Å². The summed E-state index contributed by atoms with van der Waals surface area (Å²) in [7, 11) is 1.57. The maximum Gasteiger partial charge on any atom is 0.282 e. The van der Waals surface area contributed by atoms with E-state index in [1.54, 1.807) is 55.6 Å². The Bertz CT molecular complexity index is 1740. The number of amides is 1. The van der Waals surface area contributed by atoms with Crippen molar-refractivity contribution in [3.05, 3.63) is 86.1 Å². The number of benzene rings is 3. The zero-order valence-corrected chi connectivity index (χ0v) is 21.6. The number of carbonyl (C=O) groups is 1. The number of primary amides is 1. The van der Waals surface area contributed by atoms with Gasteiger partial charge in [-0.15, -0.1) is 0 Å². The number of aromatic nitrogens is 2. The van der Waals surface area contributed by atoms with Crippen molar-refractivity contribution in [1.29, 1.82) is 0 Å². The highest BCUT2D eigenvalue weighted by Crippen LogP contribution is 2.35. The molecule has 0 aliphatic rings. The Labute approximate surface area is 223 Å². The van der Waals surface area contributed by atoms with Gasteiger partial charge in [-0.2, -0.15) is 9.78 Å². The molecule has 0 fully saturated rings. The van der Waals surface area contributed by atoms with Crippen LogP contribution in [0.15, 0.2) is 79.4 Å². The van der Waals surface area contributed by atoms with Gasteiger partial charge in [0.05, 0.1) is 39.1 Å². The fourth-order valence-electron chi connectivity index (χ4n) is 3.77. The first-order valence-corrected chi connectivity index (χ1v) is 12.1. The zero-order chi connectivity index (χ0) is 26.1. The fourth-order valence-corrected chi connectivity index (χ4v) is 4.76. The van der Waals surface area contributed by atoms with Crippen LogP contribution in [0, 0.1) is 0 Å². The Morgan fingerprint density at radius 3 is 2.76 bits per heavy atom. The second-order valence-electron chi connectivity index (χ2n) is 7.87. The molecule has 2 N–H and O–H groups in total. The Kier molecular flexibility index (Phi) is 6.68. The molecule has 1 amide bonds. The van der Waals surface area contributed by atoms with Gasteiger partial charge >= 0.3 is 0 Å². The van der Waals surface area contributed by atoms with Crippen molar-refractivity contribution in [2.24, 2.45) is 10.8 Å². The van der Waals surface area contributed by atoms with E-state index in [0.29, 0.717) is 38.0 Å². The van der Waals surface area contributed by atoms with E-state index in [-0.39, 0.29) is 28.8 Å². The lowest BCUT2D eigenvalue weighted by Gasteiger charge is -2.10.